The molecule has 0 aliphatic carbocycles. The number of benzene rings is 1. The Labute approximate surface area is 111 Å². The van der Waals surface area contributed by atoms with Crippen molar-refractivity contribution in [3.05, 3.63) is 29.8 Å². The zero-order valence-electron chi connectivity index (χ0n) is 10.5. The topological polar surface area (TPSA) is 101 Å². The Balaban J connectivity index is 2.91. The molecule has 96 valence electrons. The summed E-state index contributed by atoms with van der Waals surface area (Å²) in [4.78, 5) is 11.9. The minimum Gasteiger partial charge on any atom is -0.352 e. The molecule has 19 heavy (non-hydrogen) atoms. The fourth-order valence-corrected chi connectivity index (χ4v) is 1.30. The molecule has 1 rings (SSSR count). The molecule has 0 unspecified atom stereocenters. The van der Waals surface area contributed by atoms with Gasteiger partial charge in [0.15, 0.2) is 0 Å². The molecule has 0 spiro atoms. The van der Waals surface area contributed by atoms with E-state index in [1.807, 2.05) is 6.92 Å². The highest BCUT2D eigenvalue weighted by Crippen LogP contribution is 2.14. The molecule has 0 fully saturated rings. The van der Waals surface area contributed by atoms with Crippen molar-refractivity contribution in [3.8, 4) is 12.1 Å². The Morgan fingerprint density at radius 1 is 1.32 bits per heavy atom. The Hall–Kier alpha value is -2.86. The monoisotopic (exact) mass is 255 g/mol. The van der Waals surface area contributed by atoms with Crippen LogP contribution < -0.4 is 10.7 Å². The molecule has 1 amide bonds. The molecule has 6 nitrogen and oxygen atoms in total. The van der Waals surface area contributed by atoms with E-state index in [4.69, 9.17) is 10.5 Å². The number of nitrogens with one attached hydrogen (secondary N) is 2. The molecule has 0 radical (unpaired) electrons. The van der Waals surface area contributed by atoms with Crippen LogP contribution in [0.3, 0.4) is 0 Å². The van der Waals surface area contributed by atoms with Gasteiger partial charge in [-0.3, -0.25) is 10.2 Å². The van der Waals surface area contributed by atoms with E-state index in [-0.39, 0.29) is 11.6 Å². The predicted octanol–water partition coefficient (Wildman–Crippen LogP) is 1.64. The number of nitriles is 2. The van der Waals surface area contributed by atoms with Gasteiger partial charge < -0.3 is 5.32 Å². The molecule has 0 atom stereocenters. The van der Waals surface area contributed by atoms with Gasteiger partial charge in [-0.05, 0) is 18.6 Å². The summed E-state index contributed by atoms with van der Waals surface area (Å²) in [5, 5.41) is 23.5. The van der Waals surface area contributed by atoms with E-state index >= 15 is 0 Å². The van der Waals surface area contributed by atoms with Crippen molar-refractivity contribution >= 4 is 17.3 Å². The van der Waals surface area contributed by atoms with Gasteiger partial charge in [0.2, 0.25) is 5.71 Å². The summed E-state index contributed by atoms with van der Waals surface area (Å²) >= 11 is 0. The number of amides is 1. The van der Waals surface area contributed by atoms with Crippen LogP contribution in [0, 0.1) is 22.7 Å². The average Bonchev–Trinajstić information content (AvgIpc) is 2.46. The van der Waals surface area contributed by atoms with Gasteiger partial charge in [-0.1, -0.05) is 19.1 Å². The highest BCUT2D eigenvalue weighted by molar-refractivity contribution is 6.10. The summed E-state index contributed by atoms with van der Waals surface area (Å²) < 4.78 is 0. The maximum atomic E-state index is 11.9. The van der Waals surface area contributed by atoms with E-state index in [9.17, 15) is 4.79 Å². The van der Waals surface area contributed by atoms with Gasteiger partial charge in [-0.2, -0.15) is 15.6 Å². The van der Waals surface area contributed by atoms with Crippen LogP contribution in [0.5, 0.6) is 0 Å². The van der Waals surface area contributed by atoms with Gasteiger partial charge in [0.1, 0.15) is 12.1 Å². The van der Waals surface area contributed by atoms with E-state index in [2.05, 4.69) is 15.8 Å². The van der Waals surface area contributed by atoms with Gasteiger partial charge in [-0.25, -0.2) is 0 Å². The first-order valence-corrected chi connectivity index (χ1v) is 5.74. The molecule has 2 N–H and O–H groups in total. The zero-order valence-corrected chi connectivity index (χ0v) is 10.5. The number of para-hydroxylation sites is 1. The predicted molar refractivity (Wildman–Crippen MR) is 71.3 cm³/mol. The highest BCUT2D eigenvalue weighted by Gasteiger charge is 2.09. The molecule has 1 aromatic rings. The molecule has 0 saturated heterocycles. The van der Waals surface area contributed by atoms with E-state index in [1.54, 1.807) is 36.4 Å². The van der Waals surface area contributed by atoms with E-state index in [0.717, 1.165) is 6.42 Å². The fraction of sp³-hybridized carbons (Fsp3) is 0.231. The molecule has 0 aliphatic heterocycles. The van der Waals surface area contributed by atoms with E-state index < -0.39 is 0 Å². The van der Waals surface area contributed by atoms with Crippen LogP contribution in [0.15, 0.2) is 29.4 Å². The first-order chi connectivity index (χ1) is 9.22. The van der Waals surface area contributed by atoms with Crippen LogP contribution in [0.4, 0.5) is 5.69 Å². The van der Waals surface area contributed by atoms with E-state index in [1.165, 1.54) is 0 Å². The maximum absolute atomic E-state index is 11.9. The number of rotatable bonds is 5. The normalized spacial score (nSPS) is 8.79. The Morgan fingerprint density at radius 2 is 2.00 bits per heavy atom. The third-order valence-corrected chi connectivity index (χ3v) is 2.21. The summed E-state index contributed by atoms with van der Waals surface area (Å²) in [5.74, 6) is -0.226. The van der Waals surface area contributed by atoms with Crippen LogP contribution in [0.2, 0.25) is 0 Å². The Kier molecular flexibility index (Phi) is 5.58. The second-order valence-electron chi connectivity index (χ2n) is 3.60. The summed E-state index contributed by atoms with van der Waals surface area (Å²) in [7, 11) is 0. The number of nitrogens with zero attached hydrogens (tertiary/aromatic N) is 3. The van der Waals surface area contributed by atoms with Crippen LogP contribution >= 0.6 is 0 Å². The first-order valence-electron chi connectivity index (χ1n) is 5.74. The summed E-state index contributed by atoms with van der Waals surface area (Å²) in [6.07, 6.45) is 0.840. The summed E-state index contributed by atoms with van der Waals surface area (Å²) in [6, 6.07) is 10.0. The molecule has 0 aromatic heterocycles. The van der Waals surface area contributed by atoms with E-state index in [0.29, 0.717) is 17.8 Å². The summed E-state index contributed by atoms with van der Waals surface area (Å²) in [5.41, 5.74) is 3.11. The van der Waals surface area contributed by atoms with Crippen molar-refractivity contribution in [3.63, 3.8) is 0 Å². The largest absolute Gasteiger partial charge is 0.352 e. The smallest absolute Gasteiger partial charge is 0.253 e. The Morgan fingerprint density at radius 3 is 2.63 bits per heavy atom. The molecule has 0 saturated carbocycles. The quantitative estimate of drug-likeness (QED) is 0.616. The third-order valence-electron chi connectivity index (χ3n) is 2.21. The minimum atomic E-state index is -0.302. The van der Waals surface area contributed by atoms with Crippen molar-refractivity contribution in [1.29, 1.82) is 10.5 Å². The third kappa shape index (κ3) is 4.14. The highest BCUT2D eigenvalue weighted by atomic mass is 16.1. The number of hydrogen-bond acceptors (Lipinski definition) is 5. The lowest BCUT2D eigenvalue weighted by molar-refractivity contribution is 0.0954. The van der Waals surface area contributed by atoms with Crippen molar-refractivity contribution in [2.24, 2.45) is 5.10 Å². The molecular formula is C13H13N5O. The first kappa shape index (κ1) is 14.2. The second kappa shape index (κ2) is 7.46. The van der Waals surface area contributed by atoms with Crippen molar-refractivity contribution in [1.82, 2.24) is 5.32 Å². The molecular weight excluding hydrogens is 242 g/mol. The SMILES string of the molecule is CCCNC(=O)c1ccccc1NN=C(C#N)C#N. The van der Waals surface area contributed by atoms with Crippen LogP contribution in [-0.4, -0.2) is 18.2 Å². The maximum Gasteiger partial charge on any atom is 0.253 e. The lowest BCUT2D eigenvalue weighted by Crippen LogP contribution is -2.24. The Bertz CT molecular complexity index is 549. The zero-order chi connectivity index (χ0) is 14.1. The van der Waals surface area contributed by atoms with Crippen LogP contribution in [0.25, 0.3) is 0 Å². The number of anilines is 1. The van der Waals surface area contributed by atoms with Gasteiger partial charge >= 0.3 is 0 Å². The number of hydrogen-bond donors (Lipinski definition) is 2. The average molecular weight is 255 g/mol. The molecule has 1 aromatic carbocycles. The molecule has 0 heterocycles. The van der Waals surface area contributed by atoms with Crippen molar-refractivity contribution in [2.45, 2.75) is 13.3 Å². The minimum absolute atomic E-state index is 0.226. The van der Waals surface area contributed by atoms with Crippen LogP contribution in [-0.2, 0) is 0 Å². The lowest BCUT2D eigenvalue weighted by Gasteiger charge is -2.08. The van der Waals surface area contributed by atoms with Gasteiger partial charge in [0.25, 0.3) is 5.91 Å². The van der Waals surface area contributed by atoms with Crippen molar-refractivity contribution < 1.29 is 4.79 Å². The fourth-order valence-electron chi connectivity index (χ4n) is 1.30. The second-order valence-corrected chi connectivity index (χ2v) is 3.60. The van der Waals surface area contributed by atoms with Gasteiger partial charge in [-0.15, -0.1) is 0 Å². The molecule has 6 heteroatoms. The molecule has 0 bridgehead atoms. The summed E-state index contributed by atoms with van der Waals surface area (Å²) in [6.45, 7) is 2.54. The molecule has 0 aliphatic rings. The number of hydrazone groups is 1. The number of carbonyl (C=O) groups is 1. The van der Waals surface area contributed by atoms with Gasteiger partial charge in [0, 0.05) is 6.54 Å². The standard InChI is InChI=1S/C13H13N5O/c1-2-7-16-13(19)11-5-3-4-6-12(11)18-17-10(8-14)9-15/h3-6,18H,2,7H2,1H3,(H,16,19). The van der Waals surface area contributed by atoms with Crippen molar-refractivity contribution in [2.75, 3.05) is 12.0 Å². The lowest BCUT2D eigenvalue weighted by atomic mass is 10.1. The van der Waals surface area contributed by atoms with Crippen LogP contribution in [0.1, 0.15) is 23.7 Å². The number of carbonyl (C=O) groups excluding carboxylic acids is 1. The van der Waals surface area contributed by atoms with Gasteiger partial charge in [0.05, 0.1) is 11.3 Å².